The molecule has 3 nitrogen and oxygen atoms in total. The zero-order valence-corrected chi connectivity index (χ0v) is 13.9. The van der Waals surface area contributed by atoms with Crippen molar-refractivity contribution in [3.8, 4) is 0 Å². The molecule has 2 rings (SSSR count). The second-order valence-electron chi connectivity index (χ2n) is 5.08. The van der Waals surface area contributed by atoms with Crippen LogP contribution in [0, 0.1) is 0 Å². The molecule has 0 saturated carbocycles. The molecule has 0 heterocycles. The van der Waals surface area contributed by atoms with Crippen molar-refractivity contribution in [2.75, 3.05) is 19.0 Å². The Morgan fingerprint density at radius 3 is 2.38 bits per heavy atom. The molecule has 110 valence electrons. The zero-order valence-electron chi connectivity index (χ0n) is 12.3. The third kappa shape index (κ3) is 4.33. The average Bonchev–Trinajstić information content (AvgIpc) is 2.53. The van der Waals surface area contributed by atoms with Gasteiger partial charge in [0.1, 0.15) is 0 Å². The topological polar surface area (TPSA) is 32.3 Å². The van der Waals surface area contributed by atoms with Crippen molar-refractivity contribution in [3.63, 3.8) is 0 Å². The molecule has 1 amide bonds. The predicted octanol–water partition coefficient (Wildman–Crippen LogP) is 3.58. The summed E-state index contributed by atoms with van der Waals surface area (Å²) in [5.41, 5.74) is 4.07. The van der Waals surface area contributed by atoms with Gasteiger partial charge in [0.15, 0.2) is 0 Å². The highest BCUT2D eigenvalue weighted by Gasteiger charge is 2.06. The maximum absolute atomic E-state index is 12.1. The first-order chi connectivity index (χ1) is 10.1. The Kier molecular flexibility index (Phi) is 5.39. The fourth-order valence-electron chi connectivity index (χ4n) is 2.02. The van der Waals surface area contributed by atoms with Crippen LogP contribution in [0.3, 0.4) is 0 Å². The molecule has 0 aliphatic rings. The molecule has 0 saturated heterocycles. The van der Waals surface area contributed by atoms with E-state index in [4.69, 9.17) is 0 Å². The number of nitrogens with zero attached hydrogens (tertiary/aromatic N) is 1. The molecule has 0 spiro atoms. The summed E-state index contributed by atoms with van der Waals surface area (Å²) in [5, 5.41) is 3.77. The summed E-state index contributed by atoms with van der Waals surface area (Å²) >= 11 is 3.44. The van der Waals surface area contributed by atoms with Gasteiger partial charge in [-0.15, -0.1) is 0 Å². The van der Waals surface area contributed by atoms with Gasteiger partial charge in [-0.3, -0.25) is 4.79 Å². The molecule has 0 aliphatic carbocycles. The van der Waals surface area contributed by atoms with E-state index < -0.39 is 0 Å². The van der Waals surface area contributed by atoms with E-state index >= 15 is 0 Å². The lowest BCUT2D eigenvalue weighted by molar-refractivity contribution is 0.0951. The molecule has 1 N–H and O–H groups in total. The number of carbonyl (C=O) groups excluding carboxylic acids is 1. The second-order valence-corrected chi connectivity index (χ2v) is 5.64. The van der Waals surface area contributed by atoms with E-state index in [-0.39, 0.29) is 5.91 Å². The Labute approximate surface area is 134 Å². The molecular weight excluding hydrogens is 328 g/mol. The number of benzene rings is 2. The molecule has 0 radical (unpaired) electrons. The van der Waals surface area contributed by atoms with Gasteiger partial charge >= 0.3 is 0 Å². The van der Waals surface area contributed by atoms with Crippen LogP contribution in [0.4, 0.5) is 5.69 Å². The van der Waals surface area contributed by atoms with Crippen LogP contribution in [0.15, 0.2) is 48.5 Å². The molecule has 0 fully saturated rings. The molecule has 0 aliphatic heterocycles. The van der Waals surface area contributed by atoms with Gasteiger partial charge in [-0.2, -0.15) is 0 Å². The number of hydrogen-bond acceptors (Lipinski definition) is 2. The highest BCUT2D eigenvalue weighted by molar-refractivity contribution is 9.08. The normalized spacial score (nSPS) is 10.2. The quantitative estimate of drug-likeness (QED) is 0.839. The van der Waals surface area contributed by atoms with Gasteiger partial charge < -0.3 is 10.2 Å². The van der Waals surface area contributed by atoms with Gasteiger partial charge in [-0.1, -0.05) is 40.2 Å². The number of hydrogen-bond donors (Lipinski definition) is 1. The van der Waals surface area contributed by atoms with Gasteiger partial charge in [0.05, 0.1) is 0 Å². The molecule has 0 unspecified atom stereocenters. The first-order valence-corrected chi connectivity index (χ1v) is 7.91. The summed E-state index contributed by atoms with van der Waals surface area (Å²) in [4.78, 5) is 14.1. The van der Waals surface area contributed by atoms with Crippen molar-refractivity contribution in [2.45, 2.75) is 11.9 Å². The van der Waals surface area contributed by atoms with E-state index in [2.05, 4.69) is 33.4 Å². The largest absolute Gasteiger partial charge is 0.378 e. The minimum atomic E-state index is -0.0513. The summed E-state index contributed by atoms with van der Waals surface area (Å²) in [6.45, 7) is 0.537. The summed E-state index contributed by atoms with van der Waals surface area (Å²) in [6, 6.07) is 15.7. The third-order valence-corrected chi connectivity index (χ3v) is 3.89. The van der Waals surface area contributed by atoms with Gasteiger partial charge in [0, 0.05) is 37.2 Å². The third-order valence-electron chi connectivity index (χ3n) is 3.24. The lowest BCUT2D eigenvalue weighted by Gasteiger charge is -2.12. The second kappa shape index (κ2) is 7.27. The first-order valence-electron chi connectivity index (χ1n) is 6.79. The fraction of sp³-hybridized carbons (Fsp3) is 0.235. The van der Waals surface area contributed by atoms with Gasteiger partial charge in [0.2, 0.25) is 0 Å². The minimum Gasteiger partial charge on any atom is -0.378 e. The number of anilines is 1. The average molecular weight is 347 g/mol. The summed E-state index contributed by atoms with van der Waals surface area (Å²) in [5.74, 6) is -0.0513. The fourth-order valence-corrected chi connectivity index (χ4v) is 2.37. The van der Waals surface area contributed by atoms with Crippen molar-refractivity contribution in [3.05, 3.63) is 65.2 Å². The van der Waals surface area contributed by atoms with E-state index in [0.29, 0.717) is 12.1 Å². The smallest absolute Gasteiger partial charge is 0.251 e. The lowest BCUT2D eigenvalue weighted by atomic mass is 10.1. The van der Waals surface area contributed by atoms with E-state index in [1.165, 1.54) is 5.56 Å². The summed E-state index contributed by atoms with van der Waals surface area (Å²) < 4.78 is 0. The molecule has 2 aromatic carbocycles. The zero-order chi connectivity index (χ0) is 15.2. The predicted molar refractivity (Wildman–Crippen MR) is 91.0 cm³/mol. The first kappa shape index (κ1) is 15.6. The molecule has 21 heavy (non-hydrogen) atoms. The number of amides is 1. The van der Waals surface area contributed by atoms with Crippen LogP contribution in [0.5, 0.6) is 0 Å². The van der Waals surface area contributed by atoms with Crippen molar-refractivity contribution in [1.29, 1.82) is 0 Å². The monoisotopic (exact) mass is 346 g/mol. The van der Waals surface area contributed by atoms with Crippen molar-refractivity contribution >= 4 is 27.5 Å². The van der Waals surface area contributed by atoms with Crippen molar-refractivity contribution < 1.29 is 4.79 Å². The van der Waals surface area contributed by atoms with Crippen LogP contribution in [0.1, 0.15) is 21.5 Å². The molecule has 4 heteroatoms. The van der Waals surface area contributed by atoms with Crippen molar-refractivity contribution in [1.82, 2.24) is 5.32 Å². The van der Waals surface area contributed by atoms with Crippen LogP contribution >= 0.6 is 15.9 Å². The van der Waals surface area contributed by atoms with E-state index in [9.17, 15) is 4.79 Å². The molecular formula is C17H19BrN2O. The Morgan fingerprint density at radius 2 is 1.76 bits per heavy atom. The van der Waals surface area contributed by atoms with Crippen molar-refractivity contribution in [2.24, 2.45) is 0 Å². The number of alkyl halides is 1. The standard InChI is InChI=1S/C17H19BrN2O/c1-20(2)16-8-6-15(7-9-16)17(21)19-12-14-5-3-4-13(10-14)11-18/h3-10H,11-12H2,1-2H3,(H,19,21). The Bertz CT molecular complexity index is 608. The van der Waals surface area contributed by atoms with Gasteiger partial charge in [-0.25, -0.2) is 0 Å². The van der Waals surface area contributed by atoms with Crippen LogP contribution in [0.2, 0.25) is 0 Å². The Morgan fingerprint density at radius 1 is 1.10 bits per heavy atom. The number of carbonyl (C=O) groups is 1. The maximum Gasteiger partial charge on any atom is 0.251 e. The summed E-state index contributed by atoms with van der Waals surface area (Å²) in [6.07, 6.45) is 0. The minimum absolute atomic E-state index is 0.0513. The van der Waals surface area contributed by atoms with E-state index in [1.54, 1.807) is 0 Å². The number of nitrogens with one attached hydrogen (secondary N) is 1. The SMILES string of the molecule is CN(C)c1ccc(C(=O)NCc2cccc(CBr)c2)cc1. The van der Waals surface area contributed by atoms with Crippen LogP contribution in [-0.4, -0.2) is 20.0 Å². The number of rotatable bonds is 5. The van der Waals surface area contributed by atoms with Crippen LogP contribution < -0.4 is 10.2 Å². The Hall–Kier alpha value is -1.81. The van der Waals surface area contributed by atoms with Crippen LogP contribution in [-0.2, 0) is 11.9 Å². The highest BCUT2D eigenvalue weighted by Crippen LogP contribution is 2.13. The molecule has 2 aromatic rings. The Balaban J connectivity index is 1.97. The maximum atomic E-state index is 12.1. The summed E-state index contributed by atoms with van der Waals surface area (Å²) in [7, 11) is 3.96. The molecule has 0 bridgehead atoms. The lowest BCUT2D eigenvalue weighted by Crippen LogP contribution is -2.22. The molecule has 0 atom stereocenters. The number of halogens is 1. The van der Waals surface area contributed by atoms with Crippen LogP contribution in [0.25, 0.3) is 0 Å². The van der Waals surface area contributed by atoms with Gasteiger partial charge in [0.25, 0.3) is 5.91 Å². The molecule has 0 aromatic heterocycles. The van der Waals surface area contributed by atoms with E-state index in [0.717, 1.165) is 16.6 Å². The van der Waals surface area contributed by atoms with E-state index in [1.807, 2.05) is 55.4 Å². The highest BCUT2D eigenvalue weighted by atomic mass is 79.9. The van der Waals surface area contributed by atoms with Gasteiger partial charge in [-0.05, 0) is 35.4 Å².